The van der Waals surface area contributed by atoms with Gasteiger partial charge in [0.2, 0.25) is 0 Å². The maximum Gasteiger partial charge on any atom is 0.163 e. The van der Waals surface area contributed by atoms with E-state index in [0.29, 0.717) is 18.4 Å². The Morgan fingerprint density at radius 3 is 2.83 bits per heavy atom. The molecule has 62 valence electrons. The summed E-state index contributed by atoms with van der Waals surface area (Å²) in [5, 5.41) is 9.45. The fourth-order valence-corrected chi connectivity index (χ4v) is 1.95. The lowest BCUT2D eigenvalue weighted by molar-refractivity contribution is 0.0994. The van der Waals surface area contributed by atoms with E-state index in [9.17, 15) is 9.90 Å². The van der Waals surface area contributed by atoms with E-state index in [4.69, 9.17) is 0 Å². The van der Waals surface area contributed by atoms with Crippen LogP contribution in [0.25, 0.3) is 0 Å². The van der Waals surface area contributed by atoms with Crippen LogP contribution in [0.4, 0.5) is 0 Å². The molecule has 2 nitrogen and oxygen atoms in total. The van der Waals surface area contributed by atoms with Gasteiger partial charge in [0.25, 0.3) is 0 Å². The van der Waals surface area contributed by atoms with E-state index in [1.54, 1.807) is 12.1 Å². The number of carbonyl (C=O) groups is 1. The summed E-state index contributed by atoms with van der Waals surface area (Å²) in [7, 11) is 0. The van der Waals surface area contributed by atoms with Gasteiger partial charge in [-0.25, -0.2) is 0 Å². The minimum absolute atomic E-state index is 0.126. The summed E-state index contributed by atoms with van der Waals surface area (Å²) < 4.78 is 0.758. The Kier molecular flexibility index (Phi) is 1.68. The van der Waals surface area contributed by atoms with E-state index < -0.39 is 0 Å². The van der Waals surface area contributed by atoms with E-state index in [2.05, 4.69) is 15.9 Å². The molecule has 0 bridgehead atoms. The number of benzene rings is 1. The molecule has 0 fully saturated rings. The number of ketones is 1. The fraction of sp³-hybridized carbons (Fsp3) is 0.222. The van der Waals surface area contributed by atoms with Crippen molar-refractivity contribution in [1.29, 1.82) is 0 Å². The number of carbonyl (C=O) groups excluding carboxylic acids is 1. The molecule has 0 aromatic heterocycles. The van der Waals surface area contributed by atoms with E-state index in [1.165, 1.54) is 0 Å². The van der Waals surface area contributed by atoms with Crippen LogP contribution in [0.3, 0.4) is 0 Å². The predicted octanol–water partition coefficient (Wildman–Crippen LogP) is 2.28. The number of rotatable bonds is 0. The third-order valence-corrected chi connectivity index (χ3v) is 2.55. The molecule has 1 aliphatic rings. The van der Waals surface area contributed by atoms with Crippen molar-refractivity contribution in [3.63, 3.8) is 0 Å². The molecule has 12 heavy (non-hydrogen) atoms. The maximum atomic E-state index is 11.2. The van der Waals surface area contributed by atoms with Crippen molar-refractivity contribution in [2.75, 3.05) is 0 Å². The van der Waals surface area contributed by atoms with Gasteiger partial charge in [-0.15, -0.1) is 0 Å². The second-order valence-corrected chi connectivity index (χ2v) is 3.79. The Balaban J connectivity index is 2.68. The Morgan fingerprint density at radius 1 is 1.33 bits per heavy atom. The minimum atomic E-state index is 0.126. The topological polar surface area (TPSA) is 37.3 Å². The second-order valence-electron chi connectivity index (χ2n) is 2.87. The number of hydrogen-bond donors (Lipinski definition) is 1. The zero-order chi connectivity index (χ0) is 8.72. The molecule has 1 aromatic rings. The van der Waals surface area contributed by atoms with Gasteiger partial charge in [0.1, 0.15) is 5.75 Å². The molecule has 2 rings (SSSR count). The monoisotopic (exact) mass is 226 g/mol. The Morgan fingerprint density at radius 2 is 2.08 bits per heavy atom. The summed E-state index contributed by atoms with van der Waals surface area (Å²) in [6.07, 6.45) is 1.20. The van der Waals surface area contributed by atoms with Crippen LogP contribution in [0.2, 0.25) is 0 Å². The Bertz CT molecular complexity index is 358. The summed E-state index contributed by atoms with van der Waals surface area (Å²) >= 11 is 3.23. The highest BCUT2D eigenvalue weighted by Crippen LogP contribution is 2.32. The molecular weight excluding hydrogens is 220 g/mol. The van der Waals surface area contributed by atoms with Crippen LogP contribution in [0.15, 0.2) is 16.6 Å². The van der Waals surface area contributed by atoms with Gasteiger partial charge in [0.15, 0.2) is 5.78 Å². The van der Waals surface area contributed by atoms with Gasteiger partial charge >= 0.3 is 0 Å². The van der Waals surface area contributed by atoms with Crippen LogP contribution in [0, 0.1) is 0 Å². The van der Waals surface area contributed by atoms with Gasteiger partial charge in [-0.3, -0.25) is 4.79 Å². The highest BCUT2D eigenvalue weighted by atomic mass is 79.9. The third-order valence-electron chi connectivity index (χ3n) is 2.09. The van der Waals surface area contributed by atoms with Gasteiger partial charge in [0.05, 0.1) is 0 Å². The summed E-state index contributed by atoms with van der Waals surface area (Å²) in [6.45, 7) is 0. The highest BCUT2D eigenvalue weighted by molar-refractivity contribution is 9.10. The summed E-state index contributed by atoms with van der Waals surface area (Å²) in [6, 6.07) is 3.39. The van der Waals surface area contributed by atoms with E-state index >= 15 is 0 Å². The molecule has 0 radical (unpaired) electrons. The van der Waals surface area contributed by atoms with E-state index in [-0.39, 0.29) is 11.5 Å². The molecule has 0 amide bonds. The lowest BCUT2D eigenvalue weighted by Gasteiger charge is -2.01. The van der Waals surface area contributed by atoms with Crippen molar-refractivity contribution < 1.29 is 9.90 Å². The number of fused-ring (bicyclic) bond motifs is 1. The van der Waals surface area contributed by atoms with Crippen LogP contribution in [0.5, 0.6) is 5.75 Å². The first kappa shape index (κ1) is 7.80. The summed E-state index contributed by atoms with van der Waals surface area (Å²) in [4.78, 5) is 11.2. The first-order chi connectivity index (χ1) is 5.68. The van der Waals surface area contributed by atoms with Crippen LogP contribution in [-0.4, -0.2) is 10.9 Å². The van der Waals surface area contributed by atoms with E-state index in [0.717, 1.165) is 10.0 Å². The number of aromatic hydroxyl groups is 1. The van der Waals surface area contributed by atoms with Crippen LogP contribution in [-0.2, 0) is 6.42 Å². The van der Waals surface area contributed by atoms with Gasteiger partial charge in [0, 0.05) is 22.0 Å². The molecule has 0 spiro atoms. The van der Waals surface area contributed by atoms with Crippen molar-refractivity contribution in [3.05, 3.63) is 27.7 Å². The molecule has 1 N–H and O–H groups in total. The maximum absolute atomic E-state index is 11.2. The van der Waals surface area contributed by atoms with Crippen LogP contribution in [0.1, 0.15) is 22.3 Å². The smallest absolute Gasteiger partial charge is 0.163 e. The van der Waals surface area contributed by atoms with E-state index in [1.807, 2.05) is 0 Å². The second kappa shape index (κ2) is 2.59. The van der Waals surface area contributed by atoms with Gasteiger partial charge in [-0.05, 0) is 18.6 Å². The molecule has 0 unspecified atom stereocenters. The number of halogens is 1. The van der Waals surface area contributed by atoms with Crippen molar-refractivity contribution in [3.8, 4) is 5.75 Å². The van der Waals surface area contributed by atoms with Crippen LogP contribution < -0.4 is 0 Å². The Hall–Kier alpha value is -0.830. The summed E-state index contributed by atoms with van der Waals surface area (Å²) in [5.41, 5.74) is 1.46. The number of hydrogen-bond acceptors (Lipinski definition) is 2. The zero-order valence-corrected chi connectivity index (χ0v) is 7.89. The van der Waals surface area contributed by atoms with Crippen molar-refractivity contribution in [1.82, 2.24) is 0 Å². The normalized spacial score (nSPS) is 14.9. The average Bonchev–Trinajstić information content (AvgIpc) is 2.33. The molecule has 0 saturated heterocycles. The fourth-order valence-electron chi connectivity index (χ4n) is 1.51. The minimum Gasteiger partial charge on any atom is -0.508 e. The van der Waals surface area contributed by atoms with Crippen molar-refractivity contribution >= 4 is 21.7 Å². The predicted molar refractivity (Wildman–Crippen MR) is 48.5 cm³/mol. The highest BCUT2D eigenvalue weighted by Gasteiger charge is 2.22. The third kappa shape index (κ3) is 1.05. The molecule has 1 aliphatic carbocycles. The first-order valence-electron chi connectivity index (χ1n) is 3.73. The Labute approximate surface area is 78.3 Å². The number of Topliss-reactive ketones (excluding diaryl/α,β-unsaturated/α-hetero) is 1. The quantitative estimate of drug-likeness (QED) is 0.738. The van der Waals surface area contributed by atoms with Crippen molar-refractivity contribution in [2.45, 2.75) is 12.8 Å². The van der Waals surface area contributed by atoms with Gasteiger partial charge < -0.3 is 5.11 Å². The molecule has 1 aromatic carbocycles. The first-order valence-corrected chi connectivity index (χ1v) is 4.52. The molecule has 0 heterocycles. The van der Waals surface area contributed by atoms with Crippen LogP contribution >= 0.6 is 15.9 Å². The van der Waals surface area contributed by atoms with Gasteiger partial charge in [-0.2, -0.15) is 0 Å². The number of phenols is 1. The largest absolute Gasteiger partial charge is 0.508 e. The molecule has 3 heteroatoms. The molecule has 0 saturated carbocycles. The summed E-state index contributed by atoms with van der Waals surface area (Å²) in [5.74, 6) is 0.354. The number of phenolic OH excluding ortho intramolecular Hbond substituents is 1. The molecule has 0 aliphatic heterocycles. The average molecular weight is 227 g/mol. The zero-order valence-electron chi connectivity index (χ0n) is 6.30. The molecular formula is C9H7BrO2. The SMILES string of the molecule is O=C1CCc2c(O)cc(Br)cc21. The molecule has 0 atom stereocenters. The standard InChI is InChI=1S/C9H7BrO2/c10-5-3-7-6(9(12)4-5)1-2-8(7)11/h3-4,12H,1-2H2. The lowest BCUT2D eigenvalue weighted by Crippen LogP contribution is -1.90. The van der Waals surface area contributed by atoms with Gasteiger partial charge in [-0.1, -0.05) is 15.9 Å². The van der Waals surface area contributed by atoms with Crippen molar-refractivity contribution in [2.24, 2.45) is 0 Å². The lowest BCUT2D eigenvalue weighted by atomic mass is 10.1.